The third-order valence-electron chi connectivity index (χ3n) is 13.1. The first-order chi connectivity index (χ1) is 42.0. The molecule has 494 valence electrons. The molecule has 29 nitrogen and oxygen atoms in total. The molecule has 8 aliphatic heterocycles. The number of carboxylic acids is 5. The number of hydrogen-bond donors (Lipinski definition) is 6. The van der Waals surface area contributed by atoms with Gasteiger partial charge in [0.2, 0.25) is 23.6 Å². The van der Waals surface area contributed by atoms with E-state index < -0.39 is 65.3 Å². The summed E-state index contributed by atoms with van der Waals surface area (Å²) in [6, 6.07) is 15.8. The molecule has 5 amide bonds. The van der Waals surface area contributed by atoms with Crippen LogP contribution in [0, 0.1) is 0 Å². The summed E-state index contributed by atoms with van der Waals surface area (Å²) in [7, 11) is 9.88. The topological polar surface area (TPSA) is 435 Å². The smallest absolute Gasteiger partial charge is 1.00 e. The number of hydrogen-bond acceptors (Lipinski definition) is 27. The Bertz CT molecular complexity index is 3100. The average molecular weight is 1700 g/mol. The maximum atomic E-state index is 12.5. The van der Waals surface area contributed by atoms with Crippen molar-refractivity contribution in [2.45, 2.75) is 58.5 Å². The van der Waals surface area contributed by atoms with Crippen LogP contribution in [0.1, 0.15) is 11.1 Å². The number of carbonyl (C=O) groups excluding carboxylic acids is 9. The maximum absolute atomic E-state index is 12.5. The summed E-state index contributed by atoms with van der Waals surface area (Å²) in [6.07, 6.45) is 0.272. The molecule has 8 unspecified atom stereocenters. The van der Waals surface area contributed by atoms with E-state index in [0.717, 1.165) is 21.8 Å². The van der Waals surface area contributed by atoms with Crippen LogP contribution in [0.4, 0.5) is 0 Å². The van der Waals surface area contributed by atoms with E-state index in [-0.39, 0.29) is 288 Å². The summed E-state index contributed by atoms with van der Waals surface area (Å²) >= 11 is 13.5. The molecule has 2 aromatic rings. The van der Waals surface area contributed by atoms with Gasteiger partial charge < -0.3 is 96.4 Å². The molecule has 0 radical (unpaired) electrons. The third-order valence-corrected chi connectivity index (χ3v) is 19.8. The van der Waals surface area contributed by atoms with E-state index >= 15 is 0 Å². The number of halogens is 3. The van der Waals surface area contributed by atoms with Crippen molar-refractivity contribution in [3.05, 3.63) is 117 Å². The van der Waals surface area contributed by atoms with E-state index in [9.17, 15) is 68.4 Å². The second-order valence-electron chi connectivity index (χ2n) is 20.2. The molecule has 95 heavy (non-hydrogen) atoms. The zero-order valence-electron chi connectivity index (χ0n) is 54.0. The fourth-order valence-corrected chi connectivity index (χ4v) is 15.5. The average Bonchev–Trinajstić information content (AvgIpc) is 0.766. The first kappa shape index (κ1) is 97.6. The van der Waals surface area contributed by atoms with Gasteiger partial charge >= 0.3 is 176 Å². The number of nitrogens with two attached hydrogens (primary N) is 3. The van der Waals surface area contributed by atoms with Gasteiger partial charge in [-0.05, 0) is 33.4 Å². The number of amides is 5. The van der Waals surface area contributed by atoms with E-state index in [0.29, 0.717) is 44.2 Å². The van der Waals surface area contributed by atoms with Crippen LogP contribution in [0.5, 0.6) is 0 Å². The molecule has 9 N–H and O–H groups in total. The molecule has 2 aromatic carbocycles. The van der Waals surface area contributed by atoms with Gasteiger partial charge in [0.1, 0.15) is 45.7 Å². The SMILES string of the molecule is CN(C)O.CN(C)OCC1=C(C(=O)[O-])N2C(=O)C(N)C2SC1.CN(C)OCC1=C(C(=O)[O-])N2C(=O)C(NC(=O)Cc3ccccc3)C2SC1.NC1C(=O)N2C(C(=O)[O-])=C(CCl)CSC12.NC1C(=O)N2C(C(=O)[O-])=C(CI)CSC12.O=C(O)Cc1ccccc1.[I-].[K+].[Na+].[Na+].[Na+].[Na+]. The van der Waals surface area contributed by atoms with Gasteiger partial charge in [0.15, 0.2) is 0 Å². The molecule has 0 aliphatic carbocycles. The first-order valence-electron chi connectivity index (χ1n) is 26.5. The van der Waals surface area contributed by atoms with E-state index in [1.165, 1.54) is 76.8 Å². The Morgan fingerprint density at radius 1 is 0.558 bits per heavy atom. The van der Waals surface area contributed by atoms with E-state index in [1.54, 1.807) is 54.4 Å². The Labute approximate surface area is 732 Å². The quantitative estimate of drug-likeness (QED) is 0.0282. The number of nitrogens with one attached hydrogen (secondary N) is 1. The minimum atomic E-state index is -1.42. The molecule has 0 spiro atoms. The van der Waals surface area contributed by atoms with Crippen LogP contribution >= 0.6 is 81.2 Å². The van der Waals surface area contributed by atoms with Gasteiger partial charge in [-0.3, -0.25) is 58.0 Å². The number of benzene rings is 2. The number of nitrogens with zero attached hydrogens (tertiary/aromatic N) is 7. The van der Waals surface area contributed by atoms with Gasteiger partial charge in [-0.2, -0.15) is 15.2 Å². The normalized spacial score (nSPS) is 22.2. The van der Waals surface area contributed by atoms with Crippen LogP contribution < -0.4 is 237 Å². The van der Waals surface area contributed by atoms with Gasteiger partial charge in [-0.15, -0.1) is 58.6 Å². The van der Waals surface area contributed by atoms with Crippen molar-refractivity contribution in [2.24, 2.45) is 17.2 Å². The molecular formula is C54H65ClI2KN11Na4O18S4. The second-order valence-corrected chi connectivity index (χ2v) is 25.7. The summed E-state index contributed by atoms with van der Waals surface area (Å²) in [4.78, 5) is 129. The van der Waals surface area contributed by atoms with Crippen molar-refractivity contribution in [1.82, 2.24) is 40.1 Å². The number of carboxylic acid groups (broad SMARTS) is 5. The predicted molar refractivity (Wildman–Crippen MR) is 329 cm³/mol. The van der Waals surface area contributed by atoms with Gasteiger partial charge in [0.05, 0.1) is 72.7 Å². The summed E-state index contributed by atoms with van der Waals surface area (Å²) in [5.74, 6) is -6.00. The van der Waals surface area contributed by atoms with Crippen molar-refractivity contribution in [3.8, 4) is 0 Å². The van der Waals surface area contributed by atoms with E-state index in [1.807, 2.05) is 48.5 Å². The fraction of sp³-hybridized carbons (Fsp3) is 0.444. The van der Waals surface area contributed by atoms with Crippen molar-refractivity contribution in [1.29, 1.82) is 0 Å². The Morgan fingerprint density at radius 2 is 0.853 bits per heavy atom. The summed E-state index contributed by atoms with van der Waals surface area (Å²) in [5.41, 5.74) is 20.4. The number of thioether (sulfide) groups is 4. The van der Waals surface area contributed by atoms with Crippen LogP contribution in [0.2, 0.25) is 0 Å². The van der Waals surface area contributed by atoms with Crippen molar-refractivity contribution in [3.63, 3.8) is 0 Å². The second kappa shape index (κ2) is 47.1. The predicted octanol–water partition coefficient (Wildman–Crippen LogP) is -22.7. The maximum Gasteiger partial charge on any atom is 1.00 e. The van der Waals surface area contributed by atoms with Crippen LogP contribution in [0.25, 0.3) is 0 Å². The van der Waals surface area contributed by atoms with E-state index in [2.05, 4.69) is 27.9 Å². The molecule has 8 heterocycles. The van der Waals surface area contributed by atoms with Crippen LogP contribution in [-0.2, 0) is 70.5 Å². The number of aliphatic carboxylic acids is 5. The zero-order valence-corrected chi connectivity index (χ0v) is 73.5. The Balaban J connectivity index is 0. The molecule has 4 saturated heterocycles. The summed E-state index contributed by atoms with van der Waals surface area (Å²) < 4.78 is 0.583. The molecule has 41 heteroatoms. The first-order valence-corrected chi connectivity index (χ1v) is 32.7. The Hall–Kier alpha value is 0.526. The standard InChI is InChI=1S/C18H21N3O5S.C10H15N3O4S.C8H9ClN2O3S.C8H9IN2O3S.C8H8O2.C2H7NO.HI.K.4Na/c1-20(2)26-9-12-10-27-17-14(16(23)21(17)15(12)18(24)25)19-13(22)8-11-6-4-3-5-7-11;1-12(2)17-3-5-4-18-9-6(11)8(14)13(9)7(5)10(15)16;2*9-1-3-2-15-7-4(10)6(12)11(7)5(3)8(13)14;9-8(10)6-7-4-2-1-3-5-7;1-3(2)4;;;;;;/h3-7,14,17H,8-10H2,1-2H3,(H,19,22)(H,24,25);6,9H,3-4,11H2,1-2H3,(H,15,16);2*4,7H,1-2,10H2,(H,13,14);1-5H,6H2,(H,9,10);4H,1-2H3;1H;;;;;/q;;;;;;;5*+1/p-5. The number of β-lactam (4-membered cyclic amide) rings is 4. The number of fused-ring (bicyclic) bond motifs is 4. The van der Waals surface area contributed by atoms with Crippen LogP contribution in [0.3, 0.4) is 0 Å². The number of alkyl halides is 2. The zero-order chi connectivity index (χ0) is 66.3. The van der Waals surface area contributed by atoms with Gasteiger partial charge in [0, 0.05) is 75.6 Å². The van der Waals surface area contributed by atoms with Crippen molar-refractivity contribution in [2.75, 3.05) is 88.8 Å². The summed E-state index contributed by atoms with van der Waals surface area (Å²) in [6.45, 7) is 0.180. The van der Waals surface area contributed by atoms with E-state index in [4.69, 9.17) is 48.8 Å². The number of carbonyl (C=O) groups is 10. The molecule has 8 aliphatic rings. The molecule has 0 saturated carbocycles. The minimum absolute atomic E-state index is 0. The monoisotopic (exact) mass is 1700 g/mol. The minimum Gasteiger partial charge on any atom is -1.00 e. The summed E-state index contributed by atoms with van der Waals surface area (Å²) in [5, 5.41) is 66.2. The number of rotatable bonds is 17. The number of hydroxylamine groups is 6. The van der Waals surface area contributed by atoms with Gasteiger partial charge in [0.25, 0.3) is 5.91 Å². The Morgan fingerprint density at radius 3 is 1.17 bits per heavy atom. The Kier molecular flexibility index (Phi) is 48.4. The molecule has 10 rings (SSSR count). The third kappa shape index (κ3) is 26.6. The molecule has 4 fully saturated rings. The van der Waals surface area contributed by atoms with Gasteiger partial charge in [-0.25, -0.2) is 0 Å². The largest absolute Gasteiger partial charge is 1.00 e. The van der Waals surface area contributed by atoms with Crippen molar-refractivity contribution >= 4 is 141 Å². The molecule has 8 atom stereocenters. The van der Waals surface area contributed by atoms with Crippen molar-refractivity contribution < 1.29 is 282 Å². The van der Waals surface area contributed by atoms with Crippen LogP contribution in [0.15, 0.2) is 106 Å². The van der Waals surface area contributed by atoms with Gasteiger partial charge in [-0.1, -0.05) is 83.3 Å². The molecule has 0 aromatic heterocycles. The fourth-order valence-electron chi connectivity index (χ4n) is 9.00. The molecular weight excluding hydrogens is 1640 g/mol. The molecule has 0 bridgehead atoms. The van der Waals surface area contributed by atoms with Crippen LogP contribution in [-0.4, -0.2) is 239 Å².